The van der Waals surface area contributed by atoms with Crippen molar-refractivity contribution >= 4 is 167 Å². The molecule has 17 rings (SSSR count). The highest BCUT2D eigenvalue weighted by atomic mass is 35.5. The maximum Gasteiger partial charge on any atom is 0.435 e. The number of likely N-dealkylation sites (tertiary alicyclic amines) is 1. The summed E-state index contributed by atoms with van der Waals surface area (Å²) >= 11 is 34.4. The highest BCUT2D eigenvalue weighted by Gasteiger charge is 2.38. The first kappa shape index (κ1) is 102. The molecule has 1 fully saturated rings. The molecule has 0 bridgehead atoms. The zero-order chi connectivity index (χ0) is 98.6. The van der Waals surface area contributed by atoms with E-state index in [4.69, 9.17) is 82.0 Å². The van der Waals surface area contributed by atoms with E-state index in [9.17, 15) is 39.5 Å². The summed E-state index contributed by atoms with van der Waals surface area (Å²) in [6.45, 7) is 10.7. The third-order valence-corrected chi connectivity index (χ3v) is 24.8. The molecular formula is C97H103Cl2F9N26S4. The van der Waals surface area contributed by atoms with Crippen LogP contribution in [0.2, 0.25) is 10.0 Å². The number of fused-ring (bicyclic) bond motifs is 12. The Morgan fingerprint density at radius 2 is 0.913 bits per heavy atom. The first-order chi connectivity index (χ1) is 65.7. The number of thiocarbonyl (C=S) groups is 4. The molecule has 0 aliphatic carbocycles. The maximum absolute atomic E-state index is 13.7. The van der Waals surface area contributed by atoms with Gasteiger partial charge in [-0.2, -0.15) is 39.5 Å². The molecular weight excluding hydrogens is 1900 g/mol. The molecule has 1 saturated heterocycles. The first-order valence-electron chi connectivity index (χ1n) is 44.4. The minimum absolute atomic E-state index is 0.101. The lowest BCUT2D eigenvalue weighted by Gasteiger charge is -2.36. The Bertz CT molecular complexity index is 6470. The SMILES string of the molecule is CN(C)CCCc1cc2c(cc1Cl)NC(=S)Cc1cnc(Nc3cccnc3)nc1-2.CN(C)CCCc1cnc(C(F)(F)F)c(Nc2ncc3c(n2)-c2ccc(C(F)(F)F)cc2NC(=S)C3)c1.Cc1nc(N(C)CCN(C)C)ccc1Nc1ncc2c(n1)-c1ccc(C(F)(F)F)cc1NC(=S)C2.Cc1ncc(CCN2CCCC(N(C)C)C2)cc1Nc1ncc2c(n1)-c1ccc(Cl)cc1NC(=S)C2. The lowest BCUT2D eigenvalue weighted by atomic mass is 10.00. The zero-order valence-corrected chi connectivity index (χ0v) is 82.4. The average molecular weight is 2000 g/mol. The number of nitrogens with one attached hydrogen (secondary N) is 8. The van der Waals surface area contributed by atoms with Gasteiger partial charge < -0.3 is 71.9 Å². The highest BCUT2D eigenvalue weighted by molar-refractivity contribution is 7.81. The number of aryl methyl sites for hydroxylation is 4. The van der Waals surface area contributed by atoms with Crippen molar-refractivity contribution in [3.63, 3.8) is 0 Å². The molecule has 5 aliphatic heterocycles. The molecule has 41 heteroatoms. The van der Waals surface area contributed by atoms with E-state index in [1.165, 1.54) is 55.5 Å². The predicted molar refractivity (Wildman–Crippen MR) is 547 cm³/mol. The number of rotatable bonds is 24. The standard InChI is InChI=1S/C27H32ClN7S.C24H22F6N6S.C24H26F3N7S.C22H23ClN6S/c1-17-23(11-18(14-29-17)8-10-35-9-4-5-21(16-35)34(2)3)32-27-30-15-19-12-25(36)31-24-13-20(28)6-7-22(24)26(19)33-27;1-36(2)7-3-4-13-8-18(21(31-11-13)24(28,29)30)34-22-32-12-14-9-19(37)33-17-10-15(23(25,26)27)5-6-16(17)20(14)35-22;1-14-18(7-8-20(29-14)34(4)10-9-33(2)3)31-23-28-13-15-11-21(35)30-19-12-16(24(25,26)27)5-6-17(19)22(15)32-23;1-29(2)8-4-5-14-9-17-19(11-18(14)23)27-20(30)10-15-12-25-22(28-21(15)17)26-16-6-3-7-24-13-16/h6-7,11,13-15,21H,4-5,8-10,12,16H2,1-3H3,(H,31,36)(H,30,32,33);5-6,8,10-12H,3-4,7,9H2,1-2H3,(H,33,37)(H,32,34,35);5-8,12-13H,9-11H2,1-4H3,(H,30,35)(H,28,31,32);3,6-7,9,11-13H,4-5,8,10H2,1-2H3,(H,27,30)(H,25,26,28). The predicted octanol–water partition coefficient (Wildman–Crippen LogP) is 20.8. The Kier molecular flexibility index (Phi) is 33.2. The van der Waals surface area contributed by atoms with Gasteiger partial charge >= 0.3 is 18.5 Å². The van der Waals surface area contributed by atoms with Gasteiger partial charge in [0.25, 0.3) is 0 Å². The summed E-state index contributed by atoms with van der Waals surface area (Å²) in [4.78, 5) is 68.8. The van der Waals surface area contributed by atoms with Gasteiger partial charge in [0.15, 0.2) is 5.69 Å². The second-order valence-corrected chi connectivity index (χ2v) is 37.8. The Balaban J connectivity index is 0.000000147. The molecule has 0 spiro atoms. The lowest BCUT2D eigenvalue weighted by molar-refractivity contribution is -0.140. The Morgan fingerprint density at radius 1 is 0.442 bits per heavy atom. The molecule has 8 N–H and O–H groups in total. The third-order valence-electron chi connectivity index (χ3n) is 23.2. The molecule has 26 nitrogen and oxygen atoms in total. The normalized spacial score (nSPS) is 14.4. The van der Waals surface area contributed by atoms with Crippen molar-refractivity contribution in [1.82, 2.24) is 84.3 Å². The number of likely N-dealkylation sites (N-methyl/N-ethyl adjacent to an activating group) is 3. The minimum atomic E-state index is -4.73. The summed E-state index contributed by atoms with van der Waals surface area (Å²) in [6.07, 6.45) is 7.95. The van der Waals surface area contributed by atoms with Crippen molar-refractivity contribution in [2.75, 3.05) is 157 Å². The van der Waals surface area contributed by atoms with Crippen LogP contribution in [0.3, 0.4) is 0 Å². The van der Waals surface area contributed by atoms with Crippen LogP contribution in [0.4, 0.5) is 115 Å². The Hall–Kier alpha value is -11.9. The molecule has 8 aromatic heterocycles. The van der Waals surface area contributed by atoms with E-state index in [-0.39, 0.29) is 40.1 Å². The summed E-state index contributed by atoms with van der Waals surface area (Å²) in [7, 11) is 18.4. The fraction of sp³-hybridized carbons (Fsp3) is 0.340. The van der Waals surface area contributed by atoms with Crippen LogP contribution in [0.15, 0.2) is 153 Å². The van der Waals surface area contributed by atoms with Crippen molar-refractivity contribution in [2.24, 2.45) is 0 Å². The van der Waals surface area contributed by atoms with Crippen LogP contribution in [-0.4, -0.2) is 220 Å². The van der Waals surface area contributed by atoms with Crippen LogP contribution in [0.5, 0.6) is 0 Å². The number of halogens is 11. The van der Waals surface area contributed by atoms with E-state index in [0.29, 0.717) is 87.5 Å². The fourth-order valence-electron chi connectivity index (χ4n) is 16.0. The number of piperidine rings is 1. The topological polar surface area (TPSA) is 270 Å². The van der Waals surface area contributed by atoms with Crippen molar-refractivity contribution in [3.05, 3.63) is 230 Å². The van der Waals surface area contributed by atoms with Gasteiger partial charge in [0.05, 0.1) is 94.2 Å². The molecule has 5 aliphatic rings. The summed E-state index contributed by atoms with van der Waals surface area (Å²) in [6, 6.07) is 28.2. The van der Waals surface area contributed by atoms with Crippen molar-refractivity contribution in [2.45, 2.75) is 109 Å². The Morgan fingerprint density at radius 3 is 1.41 bits per heavy atom. The van der Waals surface area contributed by atoms with E-state index >= 15 is 0 Å². The van der Waals surface area contributed by atoms with E-state index in [1.54, 1.807) is 18.6 Å². The first-order valence-corrected chi connectivity index (χ1v) is 46.8. The lowest BCUT2D eigenvalue weighted by Crippen LogP contribution is -2.45. The number of nitrogens with zero attached hydrogens (tertiary/aromatic N) is 18. The highest BCUT2D eigenvalue weighted by Crippen LogP contribution is 2.45. The molecule has 4 aromatic carbocycles. The second-order valence-electron chi connectivity index (χ2n) is 35.0. The van der Waals surface area contributed by atoms with Gasteiger partial charge in [0.1, 0.15) is 5.82 Å². The molecule has 138 heavy (non-hydrogen) atoms. The third kappa shape index (κ3) is 27.0. The number of hydrogen-bond donors (Lipinski definition) is 8. The number of hydrogen-bond acceptors (Lipinski definition) is 26. The summed E-state index contributed by atoms with van der Waals surface area (Å²) in [5.41, 5.74) is 14.7. The smallest absolute Gasteiger partial charge is 0.358 e. The largest absolute Gasteiger partial charge is 0.435 e. The molecule has 0 saturated carbocycles. The maximum atomic E-state index is 13.7. The summed E-state index contributed by atoms with van der Waals surface area (Å²) < 4.78 is 121. The van der Waals surface area contributed by atoms with Gasteiger partial charge in [-0.1, -0.05) is 84.2 Å². The van der Waals surface area contributed by atoms with Crippen molar-refractivity contribution in [1.29, 1.82) is 0 Å². The van der Waals surface area contributed by atoms with Gasteiger partial charge in [0.2, 0.25) is 23.8 Å². The molecule has 13 heterocycles. The van der Waals surface area contributed by atoms with Gasteiger partial charge in [-0.15, -0.1) is 0 Å². The molecule has 722 valence electrons. The van der Waals surface area contributed by atoms with Gasteiger partial charge in [-0.25, -0.2) is 49.8 Å². The monoisotopic (exact) mass is 2000 g/mol. The summed E-state index contributed by atoms with van der Waals surface area (Å²) in [5, 5.41) is 26.2. The van der Waals surface area contributed by atoms with Crippen molar-refractivity contribution in [3.8, 4) is 45.0 Å². The number of alkyl halides is 9. The van der Waals surface area contributed by atoms with Crippen LogP contribution in [0.1, 0.15) is 92.8 Å². The molecule has 0 amide bonds. The molecule has 0 radical (unpaired) electrons. The van der Waals surface area contributed by atoms with E-state index < -0.39 is 35.3 Å². The van der Waals surface area contributed by atoms with Crippen LogP contribution in [0.25, 0.3) is 45.0 Å². The number of anilines is 13. The molecule has 12 aromatic rings. The van der Waals surface area contributed by atoms with E-state index in [2.05, 4.69) is 157 Å². The second kappa shape index (κ2) is 44.9. The van der Waals surface area contributed by atoms with E-state index in [0.717, 1.165) is 195 Å². The van der Waals surface area contributed by atoms with Gasteiger partial charge in [-0.3, -0.25) is 9.97 Å². The van der Waals surface area contributed by atoms with Gasteiger partial charge in [0, 0.05) is 186 Å². The zero-order valence-electron chi connectivity index (χ0n) is 77.6. The quantitative estimate of drug-likeness (QED) is 0.0206. The fourth-order valence-corrected chi connectivity index (χ4v) is 17.5. The number of benzene rings is 4. The van der Waals surface area contributed by atoms with Gasteiger partial charge in [-0.05, 0) is 242 Å². The van der Waals surface area contributed by atoms with Crippen molar-refractivity contribution < 1.29 is 39.5 Å². The molecule has 1 unspecified atom stereocenters. The van der Waals surface area contributed by atoms with Crippen LogP contribution < -0.4 is 47.4 Å². The van der Waals surface area contributed by atoms with Crippen LogP contribution in [0, 0.1) is 13.8 Å². The summed E-state index contributed by atoms with van der Waals surface area (Å²) in [5.74, 6) is 2.07. The van der Waals surface area contributed by atoms with Crippen LogP contribution >= 0.6 is 72.1 Å². The van der Waals surface area contributed by atoms with E-state index in [1.807, 2.05) is 121 Å². The molecule has 1 atom stereocenters. The number of pyridine rings is 4. The van der Waals surface area contributed by atoms with Crippen LogP contribution in [-0.2, 0) is 63.5 Å². The minimum Gasteiger partial charge on any atom is -0.358 e. The number of aromatic nitrogens is 12. The Labute approximate surface area is 826 Å². The average Bonchev–Trinajstić information content (AvgIpc) is 1.60.